The van der Waals surface area contributed by atoms with Gasteiger partial charge in [-0.15, -0.1) is 5.10 Å². The molecule has 4 rings (SSSR count). The number of carbonyl (C=O) groups is 2. The highest BCUT2D eigenvalue weighted by atomic mass is 16.2. The van der Waals surface area contributed by atoms with Gasteiger partial charge in [0.05, 0.1) is 5.39 Å². The van der Waals surface area contributed by atoms with Gasteiger partial charge >= 0.3 is 0 Å². The fraction of sp³-hybridized carbons (Fsp3) is 0.500. The summed E-state index contributed by atoms with van der Waals surface area (Å²) < 4.78 is 1.16. The number of nitrogens with zero attached hydrogens (tertiary/aromatic N) is 3. The molecule has 2 fully saturated rings. The smallest absolute Gasteiger partial charge is 0.277 e. The number of amides is 2. The lowest BCUT2D eigenvalue weighted by Crippen LogP contribution is -2.60. The van der Waals surface area contributed by atoms with Gasteiger partial charge in [0.15, 0.2) is 0 Å². The van der Waals surface area contributed by atoms with Crippen molar-refractivity contribution in [1.82, 2.24) is 25.8 Å². The largest absolute Gasteiger partial charge is 0.326 e. The van der Waals surface area contributed by atoms with Crippen LogP contribution in [0.4, 0.5) is 5.69 Å². The van der Waals surface area contributed by atoms with Gasteiger partial charge in [-0.05, 0) is 37.0 Å². The summed E-state index contributed by atoms with van der Waals surface area (Å²) in [5.41, 5.74) is 6.47. The normalized spacial score (nSPS) is 24.9. The molecule has 3 unspecified atom stereocenters. The second-order valence-electron chi connectivity index (χ2n) is 7.30. The predicted octanol–water partition coefficient (Wildman–Crippen LogP) is 0.467. The lowest BCUT2D eigenvalue weighted by atomic mass is 9.73. The van der Waals surface area contributed by atoms with E-state index in [9.17, 15) is 14.4 Å². The van der Waals surface area contributed by atoms with Crippen molar-refractivity contribution in [3.8, 4) is 0 Å². The summed E-state index contributed by atoms with van der Waals surface area (Å²) in [7, 11) is 1.53. The van der Waals surface area contributed by atoms with Gasteiger partial charge in [0.2, 0.25) is 11.8 Å². The summed E-state index contributed by atoms with van der Waals surface area (Å²) in [4.78, 5) is 36.7. The van der Waals surface area contributed by atoms with Crippen molar-refractivity contribution in [2.24, 2.45) is 18.9 Å². The van der Waals surface area contributed by atoms with Crippen molar-refractivity contribution in [2.75, 3.05) is 5.32 Å². The first kappa shape index (κ1) is 17.6. The van der Waals surface area contributed by atoms with Gasteiger partial charge in [-0.1, -0.05) is 18.1 Å². The lowest BCUT2D eigenvalue weighted by molar-refractivity contribution is -0.134. The number of benzene rings is 1. The standard InChI is InChI=1S/C18H22N6O3/c1-24-18(27)13-8-10(6-7-14(13)21-23-24)19-16(25)9-15-11-4-2-3-5-12(11)17(26)22-20-15/h6-8,11-12,15,20H,2-5,9H2,1H3,(H,19,25)(H,22,26). The highest BCUT2D eigenvalue weighted by Gasteiger charge is 2.40. The highest BCUT2D eigenvalue weighted by Crippen LogP contribution is 2.35. The molecule has 0 bridgehead atoms. The number of carbonyl (C=O) groups excluding carboxylic acids is 2. The molecule has 1 saturated heterocycles. The summed E-state index contributed by atoms with van der Waals surface area (Å²) in [6.45, 7) is 0. The van der Waals surface area contributed by atoms with E-state index in [-0.39, 0.29) is 41.7 Å². The average molecular weight is 370 g/mol. The fourth-order valence-electron chi connectivity index (χ4n) is 4.15. The quantitative estimate of drug-likeness (QED) is 0.723. The maximum atomic E-state index is 12.5. The number of nitrogens with one attached hydrogen (secondary N) is 3. The van der Waals surface area contributed by atoms with Crippen LogP contribution < -0.4 is 21.7 Å². The second kappa shape index (κ2) is 7.07. The molecule has 2 aromatic rings. The maximum Gasteiger partial charge on any atom is 0.277 e. The highest BCUT2D eigenvalue weighted by molar-refractivity contribution is 5.94. The first-order chi connectivity index (χ1) is 13.0. The van der Waals surface area contributed by atoms with Crippen LogP contribution in [-0.2, 0) is 16.6 Å². The van der Waals surface area contributed by atoms with Gasteiger partial charge in [0, 0.05) is 31.1 Å². The van der Waals surface area contributed by atoms with E-state index < -0.39 is 0 Å². The summed E-state index contributed by atoms with van der Waals surface area (Å²) in [6.07, 6.45) is 4.23. The molecule has 1 aliphatic heterocycles. The molecule has 1 aromatic heterocycles. The van der Waals surface area contributed by atoms with Crippen LogP contribution in [0.25, 0.3) is 10.9 Å². The van der Waals surface area contributed by atoms with Crippen LogP contribution >= 0.6 is 0 Å². The van der Waals surface area contributed by atoms with Gasteiger partial charge in [0.1, 0.15) is 5.52 Å². The number of anilines is 1. The Morgan fingerprint density at radius 3 is 2.96 bits per heavy atom. The van der Waals surface area contributed by atoms with Gasteiger partial charge in [-0.3, -0.25) is 19.8 Å². The van der Waals surface area contributed by atoms with E-state index in [2.05, 4.69) is 26.5 Å². The van der Waals surface area contributed by atoms with Crippen molar-refractivity contribution < 1.29 is 9.59 Å². The zero-order valence-corrected chi connectivity index (χ0v) is 15.1. The molecule has 1 aliphatic carbocycles. The van der Waals surface area contributed by atoms with Crippen LogP contribution in [0.3, 0.4) is 0 Å². The minimum absolute atomic E-state index is 0.0138. The number of hydrogen-bond acceptors (Lipinski definition) is 6. The van der Waals surface area contributed by atoms with E-state index in [1.807, 2.05) is 0 Å². The number of fused-ring (bicyclic) bond motifs is 2. The van der Waals surface area contributed by atoms with Crippen LogP contribution in [0.5, 0.6) is 0 Å². The van der Waals surface area contributed by atoms with Crippen molar-refractivity contribution >= 4 is 28.4 Å². The van der Waals surface area contributed by atoms with Crippen LogP contribution in [0, 0.1) is 11.8 Å². The Hall–Kier alpha value is -2.81. The Bertz CT molecular complexity index is 956. The van der Waals surface area contributed by atoms with E-state index in [0.717, 1.165) is 30.4 Å². The number of hydrogen-bond donors (Lipinski definition) is 3. The predicted molar refractivity (Wildman–Crippen MR) is 98.5 cm³/mol. The molecular formula is C18H22N6O3. The topological polar surface area (TPSA) is 118 Å². The Morgan fingerprint density at radius 2 is 2.11 bits per heavy atom. The molecule has 2 heterocycles. The minimum Gasteiger partial charge on any atom is -0.326 e. The third-order valence-electron chi connectivity index (χ3n) is 5.55. The molecule has 9 nitrogen and oxygen atoms in total. The third-order valence-corrected chi connectivity index (χ3v) is 5.55. The van der Waals surface area contributed by atoms with Crippen molar-refractivity contribution in [2.45, 2.75) is 38.1 Å². The molecule has 2 aliphatic rings. The van der Waals surface area contributed by atoms with Crippen molar-refractivity contribution in [1.29, 1.82) is 0 Å². The molecule has 142 valence electrons. The Labute approximate surface area is 155 Å². The molecule has 2 amide bonds. The number of rotatable bonds is 3. The summed E-state index contributed by atoms with van der Waals surface area (Å²) in [5.74, 6) is 0.0338. The molecule has 27 heavy (non-hydrogen) atoms. The maximum absolute atomic E-state index is 12.5. The first-order valence-electron chi connectivity index (χ1n) is 9.22. The van der Waals surface area contributed by atoms with Crippen molar-refractivity contribution in [3.63, 3.8) is 0 Å². The van der Waals surface area contributed by atoms with E-state index in [1.165, 1.54) is 7.05 Å². The summed E-state index contributed by atoms with van der Waals surface area (Å²) in [5, 5.41) is 11.0. The van der Waals surface area contributed by atoms with Crippen LogP contribution in [0.2, 0.25) is 0 Å². The Balaban J connectivity index is 1.48. The van der Waals surface area contributed by atoms with Gasteiger partial charge in [0.25, 0.3) is 5.56 Å². The zero-order valence-electron chi connectivity index (χ0n) is 15.1. The van der Waals surface area contributed by atoms with Gasteiger partial charge < -0.3 is 5.32 Å². The SMILES string of the molecule is Cn1nnc2ccc(NC(=O)CC3NNC(=O)C4CCCCC34)cc2c1=O. The summed E-state index contributed by atoms with van der Waals surface area (Å²) >= 11 is 0. The molecule has 0 spiro atoms. The number of aryl methyl sites for hydroxylation is 1. The fourth-order valence-corrected chi connectivity index (χ4v) is 4.15. The van der Waals surface area contributed by atoms with Gasteiger partial charge in [-0.2, -0.15) is 0 Å². The van der Waals surface area contributed by atoms with Crippen LogP contribution in [0.1, 0.15) is 32.1 Å². The molecule has 9 heteroatoms. The van der Waals surface area contributed by atoms with Crippen molar-refractivity contribution in [3.05, 3.63) is 28.6 Å². The van der Waals surface area contributed by atoms with E-state index in [4.69, 9.17) is 0 Å². The Morgan fingerprint density at radius 1 is 1.30 bits per heavy atom. The zero-order chi connectivity index (χ0) is 19.0. The Kier molecular flexibility index (Phi) is 4.61. The van der Waals surface area contributed by atoms with Gasteiger partial charge in [-0.25, -0.2) is 10.1 Å². The average Bonchev–Trinajstić information content (AvgIpc) is 2.67. The first-order valence-corrected chi connectivity index (χ1v) is 9.22. The third kappa shape index (κ3) is 3.42. The molecule has 3 atom stereocenters. The van der Waals surface area contributed by atoms with E-state index in [1.54, 1.807) is 18.2 Å². The lowest BCUT2D eigenvalue weighted by Gasteiger charge is -2.40. The molecule has 0 radical (unpaired) electrons. The monoisotopic (exact) mass is 370 g/mol. The molecule has 1 aromatic carbocycles. The number of aromatic nitrogens is 3. The molecular weight excluding hydrogens is 348 g/mol. The minimum atomic E-state index is -0.266. The van der Waals surface area contributed by atoms with Crippen LogP contribution in [0.15, 0.2) is 23.0 Å². The summed E-state index contributed by atoms with van der Waals surface area (Å²) in [6, 6.07) is 4.89. The van der Waals surface area contributed by atoms with Crippen LogP contribution in [-0.4, -0.2) is 32.9 Å². The molecule has 3 N–H and O–H groups in total. The second-order valence-corrected chi connectivity index (χ2v) is 7.30. The molecule has 1 saturated carbocycles. The van der Waals surface area contributed by atoms with E-state index >= 15 is 0 Å². The number of hydrazine groups is 1. The van der Waals surface area contributed by atoms with E-state index in [0.29, 0.717) is 16.6 Å².